The van der Waals surface area contributed by atoms with E-state index in [0.29, 0.717) is 17.2 Å². The number of carboxylic acids is 1. The van der Waals surface area contributed by atoms with E-state index < -0.39 is 12.0 Å². The van der Waals surface area contributed by atoms with Crippen LogP contribution in [0.4, 0.5) is 0 Å². The number of hydrogen-bond acceptors (Lipinski definition) is 5. The number of carboxylic acid groups (broad SMARTS) is 1. The number of benzene rings is 1. The van der Waals surface area contributed by atoms with Crippen molar-refractivity contribution >= 4 is 41.3 Å². The summed E-state index contributed by atoms with van der Waals surface area (Å²) in [5.74, 6) is 1.93. The van der Waals surface area contributed by atoms with Crippen LogP contribution in [0.25, 0.3) is 0 Å². The molecule has 0 aromatic heterocycles. The Morgan fingerprint density at radius 3 is 2.64 bits per heavy atom. The van der Waals surface area contributed by atoms with Gasteiger partial charge in [0.15, 0.2) is 0 Å². The fourth-order valence-corrected chi connectivity index (χ4v) is 5.05. The Morgan fingerprint density at radius 2 is 1.92 bits per heavy atom. The Morgan fingerprint density at radius 1 is 1.16 bits per heavy atom. The number of carbonyl (C=O) groups is 3. The van der Waals surface area contributed by atoms with Gasteiger partial charge < -0.3 is 14.9 Å². The number of carbonyl (C=O) groups excluding carboxylic acids is 2. The first-order chi connectivity index (χ1) is 12.1. The van der Waals surface area contributed by atoms with Crippen molar-refractivity contribution in [2.75, 3.05) is 36.2 Å². The second-order valence-electron chi connectivity index (χ2n) is 6.00. The lowest BCUT2D eigenvalue weighted by atomic mass is 10.1. The molecule has 134 valence electrons. The summed E-state index contributed by atoms with van der Waals surface area (Å²) >= 11 is 3.43. The van der Waals surface area contributed by atoms with E-state index in [1.54, 1.807) is 28.8 Å². The lowest BCUT2D eigenvalue weighted by Crippen LogP contribution is -2.51. The van der Waals surface area contributed by atoms with E-state index in [1.807, 2.05) is 16.7 Å². The smallest absolute Gasteiger partial charge is 0.335 e. The average molecular weight is 380 g/mol. The summed E-state index contributed by atoms with van der Waals surface area (Å²) in [6.07, 6.45) is 0.112. The minimum atomic E-state index is -1.01. The Balaban J connectivity index is 1.67. The molecule has 1 aromatic rings. The van der Waals surface area contributed by atoms with Gasteiger partial charge in [-0.25, -0.2) is 4.79 Å². The molecule has 2 fully saturated rings. The van der Waals surface area contributed by atoms with Crippen LogP contribution in [0.5, 0.6) is 0 Å². The maximum absolute atomic E-state index is 12.7. The van der Waals surface area contributed by atoms with Crippen LogP contribution in [0.15, 0.2) is 24.3 Å². The standard InChI is InChI=1S/C17H20N2O4S2/c20-15(9-12-2-1-3-13(8-12)17(22)23)19-11-25-10-14(19)16(21)18-4-6-24-7-5-18/h1-3,8,14H,4-7,9-11H2,(H,22,23). The molecule has 2 aliphatic rings. The molecule has 25 heavy (non-hydrogen) atoms. The van der Waals surface area contributed by atoms with E-state index in [1.165, 1.54) is 12.1 Å². The summed E-state index contributed by atoms with van der Waals surface area (Å²) in [4.78, 5) is 40.0. The van der Waals surface area contributed by atoms with Gasteiger partial charge in [-0.2, -0.15) is 11.8 Å². The van der Waals surface area contributed by atoms with Gasteiger partial charge in [0.2, 0.25) is 11.8 Å². The zero-order valence-electron chi connectivity index (χ0n) is 13.7. The first-order valence-corrected chi connectivity index (χ1v) is 10.4. The molecule has 3 rings (SSSR count). The van der Waals surface area contributed by atoms with Crippen LogP contribution < -0.4 is 0 Å². The second kappa shape index (κ2) is 8.14. The van der Waals surface area contributed by atoms with E-state index in [2.05, 4.69) is 0 Å². The molecule has 1 atom stereocenters. The Bertz CT molecular complexity index is 676. The van der Waals surface area contributed by atoms with E-state index >= 15 is 0 Å². The zero-order valence-corrected chi connectivity index (χ0v) is 15.4. The van der Waals surface area contributed by atoms with Gasteiger partial charge in [0.1, 0.15) is 6.04 Å². The highest BCUT2D eigenvalue weighted by Crippen LogP contribution is 2.24. The van der Waals surface area contributed by atoms with Crippen molar-refractivity contribution in [3.63, 3.8) is 0 Å². The fraction of sp³-hybridized carbons (Fsp3) is 0.471. The number of nitrogens with zero attached hydrogens (tertiary/aromatic N) is 2. The molecule has 0 radical (unpaired) electrons. The Labute approximate surface area is 154 Å². The van der Waals surface area contributed by atoms with Gasteiger partial charge in [0, 0.05) is 30.3 Å². The van der Waals surface area contributed by atoms with Gasteiger partial charge in [-0.3, -0.25) is 9.59 Å². The summed E-state index contributed by atoms with van der Waals surface area (Å²) < 4.78 is 0. The first-order valence-electron chi connectivity index (χ1n) is 8.12. The molecule has 1 N–H and O–H groups in total. The predicted molar refractivity (Wildman–Crippen MR) is 99.0 cm³/mol. The molecule has 1 unspecified atom stereocenters. The van der Waals surface area contributed by atoms with Crippen molar-refractivity contribution in [2.24, 2.45) is 0 Å². The maximum atomic E-state index is 12.7. The Kier molecular flexibility index (Phi) is 5.90. The van der Waals surface area contributed by atoms with Gasteiger partial charge in [-0.05, 0) is 17.7 Å². The van der Waals surface area contributed by atoms with Gasteiger partial charge in [-0.15, -0.1) is 11.8 Å². The molecule has 0 bridgehead atoms. The first kappa shape index (κ1) is 18.1. The third-order valence-electron chi connectivity index (χ3n) is 4.34. The summed E-state index contributed by atoms with van der Waals surface area (Å²) in [6, 6.07) is 6.00. The average Bonchev–Trinajstić information content (AvgIpc) is 3.12. The zero-order chi connectivity index (χ0) is 17.8. The number of rotatable bonds is 4. The van der Waals surface area contributed by atoms with Gasteiger partial charge in [0.25, 0.3) is 0 Å². The molecule has 6 nitrogen and oxygen atoms in total. The molecule has 1 aromatic carbocycles. The van der Waals surface area contributed by atoms with E-state index in [0.717, 1.165) is 24.6 Å². The normalized spacial score (nSPS) is 20.6. The highest BCUT2D eigenvalue weighted by atomic mass is 32.2. The minimum Gasteiger partial charge on any atom is -0.478 e. The van der Waals surface area contributed by atoms with Crippen molar-refractivity contribution < 1.29 is 19.5 Å². The van der Waals surface area contributed by atoms with Crippen LogP contribution in [0.3, 0.4) is 0 Å². The number of amides is 2. The van der Waals surface area contributed by atoms with Gasteiger partial charge in [0.05, 0.1) is 17.9 Å². The number of hydrogen-bond donors (Lipinski definition) is 1. The largest absolute Gasteiger partial charge is 0.478 e. The summed E-state index contributed by atoms with van der Waals surface area (Å²) in [5, 5.41) is 9.06. The summed E-state index contributed by atoms with van der Waals surface area (Å²) in [6.45, 7) is 1.49. The molecule has 2 heterocycles. The van der Waals surface area contributed by atoms with Crippen molar-refractivity contribution in [1.29, 1.82) is 0 Å². The van der Waals surface area contributed by atoms with Crippen molar-refractivity contribution in [2.45, 2.75) is 12.5 Å². The Hall–Kier alpha value is -1.67. The fourth-order valence-electron chi connectivity index (χ4n) is 2.98. The highest BCUT2D eigenvalue weighted by Gasteiger charge is 2.37. The van der Waals surface area contributed by atoms with E-state index in [-0.39, 0.29) is 23.8 Å². The molecule has 0 aliphatic carbocycles. The molecule has 8 heteroatoms. The molecule has 2 amide bonds. The van der Waals surface area contributed by atoms with Crippen LogP contribution in [0.1, 0.15) is 15.9 Å². The molecule has 2 aliphatic heterocycles. The topological polar surface area (TPSA) is 77.9 Å². The lowest BCUT2D eigenvalue weighted by molar-refractivity contribution is -0.142. The van der Waals surface area contributed by atoms with Crippen LogP contribution >= 0.6 is 23.5 Å². The summed E-state index contributed by atoms with van der Waals surface area (Å²) in [5.41, 5.74) is 0.821. The van der Waals surface area contributed by atoms with Gasteiger partial charge in [-0.1, -0.05) is 12.1 Å². The number of thioether (sulfide) groups is 2. The van der Waals surface area contributed by atoms with Crippen LogP contribution in [0, 0.1) is 0 Å². The summed E-state index contributed by atoms with van der Waals surface area (Å²) in [7, 11) is 0. The second-order valence-corrected chi connectivity index (χ2v) is 8.22. The third-order valence-corrected chi connectivity index (χ3v) is 6.29. The van der Waals surface area contributed by atoms with Crippen molar-refractivity contribution in [1.82, 2.24) is 9.80 Å². The van der Waals surface area contributed by atoms with Crippen LogP contribution in [-0.2, 0) is 16.0 Å². The van der Waals surface area contributed by atoms with Crippen molar-refractivity contribution in [3.05, 3.63) is 35.4 Å². The number of aromatic carboxylic acids is 1. The minimum absolute atomic E-state index is 0.0398. The monoisotopic (exact) mass is 380 g/mol. The van der Waals surface area contributed by atoms with Crippen LogP contribution in [0.2, 0.25) is 0 Å². The lowest BCUT2D eigenvalue weighted by Gasteiger charge is -2.32. The molecule has 2 saturated heterocycles. The SMILES string of the molecule is O=C(O)c1cccc(CC(=O)N2CSCC2C(=O)N2CCSCC2)c1. The van der Waals surface area contributed by atoms with Gasteiger partial charge >= 0.3 is 5.97 Å². The molecular weight excluding hydrogens is 360 g/mol. The molecule has 0 spiro atoms. The molecule has 0 saturated carbocycles. The van der Waals surface area contributed by atoms with Crippen molar-refractivity contribution in [3.8, 4) is 0 Å². The quantitative estimate of drug-likeness (QED) is 0.851. The highest BCUT2D eigenvalue weighted by molar-refractivity contribution is 7.99. The predicted octanol–water partition coefficient (Wildman–Crippen LogP) is 1.40. The molecular formula is C17H20N2O4S2. The van der Waals surface area contributed by atoms with Crippen LogP contribution in [-0.4, -0.2) is 75.0 Å². The maximum Gasteiger partial charge on any atom is 0.335 e. The third kappa shape index (κ3) is 4.30. The van der Waals surface area contributed by atoms with E-state index in [4.69, 9.17) is 5.11 Å². The van der Waals surface area contributed by atoms with E-state index in [9.17, 15) is 14.4 Å².